The summed E-state index contributed by atoms with van der Waals surface area (Å²) in [6.07, 6.45) is 0. The highest BCUT2D eigenvalue weighted by molar-refractivity contribution is 6.31. The molecule has 6 nitrogen and oxygen atoms in total. The summed E-state index contributed by atoms with van der Waals surface area (Å²) in [5, 5.41) is 3.38. The number of hydrogen-bond donors (Lipinski definition) is 1. The number of amides is 1. The van der Waals surface area contributed by atoms with E-state index in [0.717, 1.165) is 6.07 Å². The minimum absolute atomic E-state index is 0.113. The second kappa shape index (κ2) is 6.86. The average molecular weight is 360 g/mol. The fourth-order valence-corrected chi connectivity index (χ4v) is 2.50. The van der Waals surface area contributed by atoms with E-state index < -0.39 is 5.91 Å². The van der Waals surface area contributed by atoms with E-state index in [1.807, 2.05) is 0 Å². The molecule has 0 radical (unpaired) electrons. The van der Waals surface area contributed by atoms with Crippen LogP contribution in [0.15, 0.2) is 51.7 Å². The fourth-order valence-electron chi connectivity index (χ4n) is 2.33. The van der Waals surface area contributed by atoms with E-state index >= 15 is 0 Å². The molecule has 0 aliphatic heterocycles. The van der Waals surface area contributed by atoms with Crippen molar-refractivity contribution < 1.29 is 18.7 Å². The molecule has 3 rings (SSSR count). The number of carbonyl (C=O) groups is 1. The summed E-state index contributed by atoms with van der Waals surface area (Å²) in [4.78, 5) is 24.6. The first kappa shape index (κ1) is 16.9. The molecule has 25 heavy (non-hydrogen) atoms. The summed E-state index contributed by atoms with van der Waals surface area (Å²) in [5.74, 6) is 0.321. The molecule has 1 aromatic heterocycles. The zero-order valence-corrected chi connectivity index (χ0v) is 14.2. The van der Waals surface area contributed by atoms with Gasteiger partial charge < -0.3 is 19.2 Å². The fraction of sp³-hybridized carbons (Fsp3) is 0.111. The van der Waals surface area contributed by atoms with Crippen LogP contribution in [0.4, 0.5) is 5.69 Å². The Morgan fingerprint density at radius 1 is 1.08 bits per heavy atom. The van der Waals surface area contributed by atoms with Crippen LogP contribution in [0.2, 0.25) is 5.02 Å². The van der Waals surface area contributed by atoms with Crippen molar-refractivity contribution in [1.82, 2.24) is 0 Å². The summed E-state index contributed by atoms with van der Waals surface area (Å²) in [6.45, 7) is 0. The van der Waals surface area contributed by atoms with E-state index in [-0.39, 0.29) is 16.8 Å². The molecule has 0 aliphatic carbocycles. The molecule has 128 valence electrons. The van der Waals surface area contributed by atoms with Gasteiger partial charge in [-0.2, -0.15) is 0 Å². The molecule has 7 heteroatoms. The van der Waals surface area contributed by atoms with Crippen molar-refractivity contribution in [2.45, 2.75) is 0 Å². The Morgan fingerprint density at radius 3 is 2.60 bits per heavy atom. The molecule has 2 aromatic carbocycles. The number of fused-ring (bicyclic) bond motifs is 1. The predicted octanol–water partition coefficient (Wildman–Crippen LogP) is 3.72. The Kier molecular flexibility index (Phi) is 4.63. The monoisotopic (exact) mass is 359 g/mol. The van der Waals surface area contributed by atoms with Crippen molar-refractivity contribution in [1.29, 1.82) is 0 Å². The molecule has 1 N–H and O–H groups in total. The molecule has 1 heterocycles. The number of rotatable bonds is 4. The number of methoxy groups -OCH3 is 2. The van der Waals surface area contributed by atoms with E-state index in [1.54, 1.807) is 30.3 Å². The van der Waals surface area contributed by atoms with Gasteiger partial charge in [0.05, 0.1) is 25.3 Å². The second-order valence-corrected chi connectivity index (χ2v) is 5.57. The van der Waals surface area contributed by atoms with Crippen LogP contribution in [0.25, 0.3) is 11.0 Å². The number of carbonyl (C=O) groups excluding carboxylic acids is 1. The van der Waals surface area contributed by atoms with Gasteiger partial charge in [0.15, 0.2) is 11.2 Å². The SMILES string of the molecule is COc1ccc(NC(=O)c2cc(=O)c3cc(Cl)ccc3o2)c(OC)c1. The van der Waals surface area contributed by atoms with Crippen LogP contribution in [0.3, 0.4) is 0 Å². The highest BCUT2D eigenvalue weighted by Crippen LogP contribution is 2.29. The van der Waals surface area contributed by atoms with Gasteiger partial charge in [0.2, 0.25) is 0 Å². The van der Waals surface area contributed by atoms with Gasteiger partial charge in [0.25, 0.3) is 5.91 Å². The first-order valence-corrected chi connectivity index (χ1v) is 7.66. The van der Waals surface area contributed by atoms with Crippen molar-refractivity contribution in [3.05, 3.63) is 63.5 Å². The summed E-state index contributed by atoms with van der Waals surface area (Å²) in [5.41, 5.74) is 0.353. The first-order valence-electron chi connectivity index (χ1n) is 7.28. The summed E-state index contributed by atoms with van der Waals surface area (Å²) in [7, 11) is 3.01. The molecule has 0 saturated carbocycles. The first-order chi connectivity index (χ1) is 12.0. The third-order valence-corrected chi connectivity index (χ3v) is 3.80. The third kappa shape index (κ3) is 3.44. The number of anilines is 1. The Labute approximate surface area is 147 Å². The van der Waals surface area contributed by atoms with Crippen LogP contribution in [0, 0.1) is 0 Å². The average Bonchev–Trinajstić information content (AvgIpc) is 2.62. The van der Waals surface area contributed by atoms with Crippen molar-refractivity contribution in [3.8, 4) is 11.5 Å². The summed E-state index contributed by atoms with van der Waals surface area (Å²) < 4.78 is 15.9. The number of nitrogens with one attached hydrogen (secondary N) is 1. The number of benzene rings is 2. The van der Waals surface area contributed by atoms with Crippen molar-refractivity contribution in [3.63, 3.8) is 0 Å². The van der Waals surface area contributed by atoms with Crippen LogP contribution < -0.4 is 20.2 Å². The smallest absolute Gasteiger partial charge is 0.291 e. The quantitative estimate of drug-likeness (QED) is 0.768. The molecular weight excluding hydrogens is 346 g/mol. The van der Waals surface area contributed by atoms with Gasteiger partial charge >= 0.3 is 0 Å². The molecule has 3 aromatic rings. The minimum Gasteiger partial charge on any atom is -0.497 e. The van der Waals surface area contributed by atoms with Crippen molar-refractivity contribution >= 4 is 34.2 Å². The van der Waals surface area contributed by atoms with E-state index in [0.29, 0.717) is 27.6 Å². The lowest BCUT2D eigenvalue weighted by Gasteiger charge is -2.11. The highest BCUT2D eigenvalue weighted by atomic mass is 35.5. The lowest BCUT2D eigenvalue weighted by atomic mass is 10.2. The van der Waals surface area contributed by atoms with Crippen molar-refractivity contribution in [2.24, 2.45) is 0 Å². The normalized spacial score (nSPS) is 10.5. The topological polar surface area (TPSA) is 77.8 Å². The van der Waals surface area contributed by atoms with Crippen LogP contribution in [0.1, 0.15) is 10.6 Å². The predicted molar refractivity (Wildman–Crippen MR) is 95.0 cm³/mol. The van der Waals surface area contributed by atoms with E-state index in [2.05, 4.69) is 5.32 Å². The van der Waals surface area contributed by atoms with Gasteiger partial charge in [-0.05, 0) is 30.3 Å². The number of hydrogen-bond acceptors (Lipinski definition) is 5. The van der Waals surface area contributed by atoms with Crippen LogP contribution >= 0.6 is 11.6 Å². The van der Waals surface area contributed by atoms with Crippen LogP contribution in [0.5, 0.6) is 11.5 Å². The summed E-state index contributed by atoms with van der Waals surface area (Å²) >= 11 is 5.87. The molecule has 1 amide bonds. The Balaban J connectivity index is 1.95. The maximum absolute atomic E-state index is 12.4. The Hall–Kier alpha value is -2.99. The number of ether oxygens (including phenoxy) is 2. The molecule has 0 saturated heterocycles. The third-order valence-electron chi connectivity index (χ3n) is 3.57. The minimum atomic E-state index is -0.572. The van der Waals surface area contributed by atoms with E-state index in [4.69, 9.17) is 25.5 Å². The molecule has 0 atom stereocenters. The van der Waals surface area contributed by atoms with Gasteiger partial charge in [-0.3, -0.25) is 9.59 Å². The Bertz CT molecular complexity index is 1010. The van der Waals surface area contributed by atoms with E-state index in [1.165, 1.54) is 20.3 Å². The molecule has 0 unspecified atom stereocenters. The molecule has 0 spiro atoms. The highest BCUT2D eigenvalue weighted by Gasteiger charge is 2.15. The number of halogens is 1. The lowest BCUT2D eigenvalue weighted by Crippen LogP contribution is -2.15. The lowest BCUT2D eigenvalue weighted by molar-refractivity contribution is 0.0997. The molecular formula is C18H14ClNO5. The van der Waals surface area contributed by atoms with E-state index in [9.17, 15) is 9.59 Å². The summed E-state index contributed by atoms with van der Waals surface area (Å²) in [6, 6.07) is 10.7. The zero-order chi connectivity index (χ0) is 18.0. The molecule has 0 bridgehead atoms. The van der Waals surface area contributed by atoms with Crippen LogP contribution in [-0.2, 0) is 0 Å². The van der Waals surface area contributed by atoms with Gasteiger partial charge in [-0.15, -0.1) is 0 Å². The van der Waals surface area contributed by atoms with Crippen molar-refractivity contribution in [2.75, 3.05) is 19.5 Å². The maximum atomic E-state index is 12.4. The maximum Gasteiger partial charge on any atom is 0.291 e. The standard InChI is InChI=1S/C18H14ClNO5/c1-23-11-4-5-13(16(8-11)24-2)20-18(22)17-9-14(21)12-7-10(19)3-6-15(12)25-17/h3-9H,1-2H3,(H,20,22). The van der Waals surface area contributed by atoms with Gasteiger partial charge in [-0.25, -0.2) is 0 Å². The zero-order valence-electron chi connectivity index (χ0n) is 13.5. The van der Waals surface area contributed by atoms with Gasteiger partial charge in [-0.1, -0.05) is 11.6 Å². The second-order valence-electron chi connectivity index (χ2n) is 5.14. The van der Waals surface area contributed by atoms with Gasteiger partial charge in [0.1, 0.15) is 17.1 Å². The Morgan fingerprint density at radius 2 is 1.88 bits per heavy atom. The molecule has 0 aliphatic rings. The van der Waals surface area contributed by atoms with Gasteiger partial charge in [0, 0.05) is 17.2 Å². The van der Waals surface area contributed by atoms with Crippen LogP contribution in [-0.4, -0.2) is 20.1 Å². The molecule has 0 fully saturated rings. The largest absolute Gasteiger partial charge is 0.497 e.